The first-order valence-electron chi connectivity index (χ1n) is 7.43. The van der Waals surface area contributed by atoms with E-state index < -0.39 is 0 Å². The number of nitrogens with zero attached hydrogens (tertiary/aromatic N) is 1. The first-order valence-corrected chi connectivity index (χ1v) is 7.43. The molecule has 102 valence electrons. The monoisotopic (exact) mass is 243 g/mol. The predicted molar refractivity (Wildman–Crippen MR) is 70.4 cm³/mol. The second kappa shape index (κ2) is 9.86. The second-order valence-electron chi connectivity index (χ2n) is 4.95. The van der Waals surface area contributed by atoms with Gasteiger partial charge in [-0.3, -0.25) is 9.68 Å². The fraction of sp³-hybridized carbons (Fsp3) is 1.00. The van der Waals surface area contributed by atoms with E-state index >= 15 is 0 Å². The van der Waals surface area contributed by atoms with Crippen molar-refractivity contribution in [1.82, 2.24) is 5.23 Å². The van der Waals surface area contributed by atoms with Crippen molar-refractivity contribution >= 4 is 0 Å². The van der Waals surface area contributed by atoms with Crippen molar-refractivity contribution in [3.8, 4) is 0 Å². The fourth-order valence-corrected chi connectivity index (χ4v) is 2.14. The minimum atomic E-state index is 0.484. The van der Waals surface area contributed by atoms with E-state index in [1.165, 1.54) is 44.9 Å². The lowest BCUT2D eigenvalue weighted by molar-refractivity contribution is -0.391. The van der Waals surface area contributed by atoms with Gasteiger partial charge in [0.05, 0.1) is 19.3 Å². The van der Waals surface area contributed by atoms with Gasteiger partial charge in [0.25, 0.3) is 0 Å². The first-order chi connectivity index (χ1) is 8.38. The van der Waals surface area contributed by atoms with Crippen LogP contribution in [0.3, 0.4) is 0 Å². The summed E-state index contributed by atoms with van der Waals surface area (Å²) in [5, 5.41) is 1.82. The van der Waals surface area contributed by atoms with Gasteiger partial charge in [-0.2, -0.15) is 0 Å². The van der Waals surface area contributed by atoms with Gasteiger partial charge >= 0.3 is 0 Å². The maximum atomic E-state index is 5.78. The molecule has 1 aliphatic carbocycles. The Morgan fingerprint density at radius 2 is 1.41 bits per heavy atom. The molecule has 0 aromatic carbocycles. The molecule has 0 heterocycles. The number of hydroxylamine groups is 2. The zero-order chi connectivity index (χ0) is 12.3. The summed E-state index contributed by atoms with van der Waals surface area (Å²) in [5.74, 6) is 0. The van der Waals surface area contributed by atoms with E-state index in [0.717, 1.165) is 26.1 Å². The lowest BCUT2D eigenvalue weighted by Crippen LogP contribution is -2.37. The van der Waals surface area contributed by atoms with E-state index in [0.29, 0.717) is 6.04 Å². The van der Waals surface area contributed by atoms with Crippen LogP contribution in [0.5, 0.6) is 0 Å². The van der Waals surface area contributed by atoms with Crippen molar-refractivity contribution < 1.29 is 9.68 Å². The van der Waals surface area contributed by atoms with Crippen molar-refractivity contribution in [3.05, 3.63) is 0 Å². The standard InChI is InChI=1S/C14H29NO2/c1-3-5-12-16-15(17-13-6-4-2)14-10-8-7-9-11-14/h14H,3-13H2,1-2H3. The molecule has 0 bridgehead atoms. The van der Waals surface area contributed by atoms with Crippen LogP contribution in [0.1, 0.15) is 71.6 Å². The number of hydrogen-bond donors (Lipinski definition) is 0. The summed E-state index contributed by atoms with van der Waals surface area (Å²) in [6, 6.07) is 0.484. The molecule has 1 saturated carbocycles. The molecule has 0 atom stereocenters. The van der Waals surface area contributed by atoms with Crippen LogP contribution in [-0.4, -0.2) is 24.5 Å². The van der Waals surface area contributed by atoms with Crippen molar-refractivity contribution in [1.29, 1.82) is 0 Å². The van der Waals surface area contributed by atoms with Crippen LogP contribution in [0.4, 0.5) is 0 Å². The Labute approximate surface area is 106 Å². The van der Waals surface area contributed by atoms with E-state index in [4.69, 9.17) is 9.68 Å². The van der Waals surface area contributed by atoms with Gasteiger partial charge in [-0.05, 0) is 25.7 Å². The van der Waals surface area contributed by atoms with Crippen LogP contribution in [0.25, 0.3) is 0 Å². The molecule has 0 amide bonds. The molecule has 0 unspecified atom stereocenters. The van der Waals surface area contributed by atoms with Gasteiger partial charge in [0, 0.05) is 0 Å². The Morgan fingerprint density at radius 3 is 1.88 bits per heavy atom. The van der Waals surface area contributed by atoms with Gasteiger partial charge in [-0.1, -0.05) is 51.2 Å². The van der Waals surface area contributed by atoms with Gasteiger partial charge < -0.3 is 0 Å². The average Bonchev–Trinajstić information content (AvgIpc) is 2.38. The summed E-state index contributed by atoms with van der Waals surface area (Å²) in [4.78, 5) is 11.6. The molecule has 3 nitrogen and oxygen atoms in total. The minimum Gasteiger partial charge on any atom is -0.274 e. The number of rotatable bonds is 9. The summed E-state index contributed by atoms with van der Waals surface area (Å²) in [6.45, 7) is 5.96. The molecule has 0 spiro atoms. The van der Waals surface area contributed by atoms with E-state index in [-0.39, 0.29) is 0 Å². The van der Waals surface area contributed by atoms with Crippen LogP contribution >= 0.6 is 0 Å². The first kappa shape index (κ1) is 14.9. The van der Waals surface area contributed by atoms with Crippen LogP contribution in [0, 0.1) is 0 Å². The van der Waals surface area contributed by atoms with Gasteiger partial charge in [0.15, 0.2) is 0 Å². The topological polar surface area (TPSA) is 21.7 Å². The van der Waals surface area contributed by atoms with Crippen molar-refractivity contribution in [3.63, 3.8) is 0 Å². The van der Waals surface area contributed by atoms with E-state index in [1.807, 2.05) is 5.23 Å². The van der Waals surface area contributed by atoms with Gasteiger partial charge in [-0.15, -0.1) is 0 Å². The van der Waals surface area contributed by atoms with Crippen molar-refractivity contribution in [2.45, 2.75) is 77.7 Å². The van der Waals surface area contributed by atoms with Crippen LogP contribution in [-0.2, 0) is 9.68 Å². The Morgan fingerprint density at radius 1 is 0.882 bits per heavy atom. The van der Waals surface area contributed by atoms with Gasteiger partial charge in [0.2, 0.25) is 0 Å². The predicted octanol–water partition coefficient (Wildman–Crippen LogP) is 4.08. The minimum absolute atomic E-state index is 0.484. The Balaban J connectivity index is 2.27. The van der Waals surface area contributed by atoms with Crippen LogP contribution in [0.2, 0.25) is 0 Å². The van der Waals surface area contributed by atoms with Gasteiger partial charge in [0.1, 0.15) is 0 Å². The molecule has 0 radical (unpaired) electrons. The molecule has 17 heavy (non-hydrogen) atoms. The maximum Gasteiger partial charge on any atom is 0.0711 e. The molecule has 0 aliphatic heterocycles. The van der Waals surface area contributed by atoms with Crippen LogP contribution in [0.15, 0.2) is 0 Å². The highest BCUT2D eigenvalue weighted by atomic mass is 16.9. The summed E-state index contributed by atoms with van der Waals surface area (Å²) in [5.41, 5.74) is 0. The van der Waals surface area contributed by atoms with Crippen molar-refractivity contribution in [2.24, 2.45) is 0 Å². The fourth-order valence-electron chi connectivity index (χ4n) is 2.14. The second-order valence-corrected chi connectivity index (χ2v) is 4.95. The smallest absolute Gasteiger partial charge is 0.0711 e. The van der Waals surface area contributed by atoms with Gasteiger partial charge in [-0.25, -0.2) is 0 Å². The molecular weight excluding hydrogens is 214 g/mol. The molecule has 0 aromatic heterocycles. The normalized spacial score (nSPS) is 17.8. The third-order valence-electron chi connectivity index (χ3n) is 3.31. The summed E-state index contributed by atoms with van der Waals surface area (Å²) in [7, 11) is 0. The van der Waals surface area contributed by atoms with Crippen LogP contribution < -0.4 is 0 Å². The highest BCUT2D eigenvalue weighted by Crippen LogP contribution is 2.23. The summed E-state index contributed by atoms with van der Waals surface area (Å²) in [6.07, 6.45) is 11.0. The molecule has 1 fully saturated rings. The lowest BCUT2D eigenvalue weighted by Gasteiger charge is -2.32. The molecule has 1 aliphatic rings. The molecule has 3 heteroatoms. The summed E-state index contributed by atoms with van der Waals surface area (Å²) >= 11 is 0. The zero-order valence-corrected chi connectivity index (χ0v) is 11.6. The van der Waals surface area contributed by atoms with E-state index in [9.17, 15) is 0 Å². The largest absolute Gasteiger partial charge is 0.274 e. The highest BCUT2D eigenvalue weighted by molar-refractivity contribution is 4.68. The van der Waals surface area contributed by atoms with E-state index in [1.54, 1.807) is 0 Å². The van der Waals surface area contributed by atoms with E-state index in [2.05, 4.69) is 13.8 Å². The Bertz CT molecular complexity index is 160. The number of unbranched alkanes of at least 4 members (excludes halogenated alkanes) is 2. The maximum absolute atomic E-state index is 5.78. The lowest BCUT2D eigenvalue weighted by atomic mass is 9.96. The molecule has 1 rings (SSSR count). The third-order valence-corrected chi connectivity index (χ3v) is 3.31. The molecule has 0 N–H and O–H groups in total. The Kier molecular flexibility index (Phi) is 8.67. The SMILES string of the molecule is CCCCON(OCCCC)C1CCCCC1. The highest BCUT2D eigenvalue weighted by Gasteiger charge is 2.22. The average molecular weight is 243 g/mol. The number of hydrogen-bond acceptors (Lipinski definition) is 3. The zero-order valence-electron chi connectivity index (χ0n) is 11.6. The quantitative estimate of drug-likeness (QED) is 0.450. The molecular formula is C14H29NO2. The molecule has 0 saturated heterocycles. The summed E-state index contributed by atoms with van der Waals surface area (Å²) < 4.78 is 0. The Hall–Kier alpha value is -0.120. The van der Waals surface area contributed by atoms with Crippen molar-refractivity contribution in [2.75, 3.05) is 13.2 Å². The third kappa shape index (κ3) is 6.39. The molecule has 0 aromatic rings.